The average Bonchev–Trinajstić information content (AvgIpc) is 2.97. The summed E-state index contributed by atoms with van der Waals surface area (Å²) in [6, 6.07) is 11.8. The van der Waals surface area contributed by atoms with Crippen molar-refractivity contribution >= 4 is 46.4 Å². The molecule has 0 saturated heterocycles. The van der Waals surface area contributed by atoms with Gasteiger partial charge in [0.15, 0.2) is 0 Å². The number of benzene rings is 2. The second kappa shape index (κ2) is 7.34. The molecule has 154 valence electrons. The van der Waals surface area contributed by atoms with Crippen molar-refractivity contribution in [3.63, 3.8) is 0 Å². The number of ether oxygens (including phenoxy) is 1. The van der Waals surface area contributed by atoms with E-state index in [2.05, 4.69) is 15.7 Å². The second-order valence-corrected chi connectivity index (χ2v) is 7.94. The van der Waals surface area contributed by atoms with Crippen molar-refractivity contribution in [2.24, 2.45) is 0 Å². The molecule has 1 atom stereocenters. The molecule has 3 aromatic rings. The summed E-state index contributed by atoms with van der Waals surface area (Å²) in [7, 11) is 0. The van der Waals surface area contributed by atoms with Crippen LogP contribution in [0, 0.1) is 13.8 Å². The Morgan fingerprint density at radius 3 is 2.50 bits per heavy atom. The van der Waals surface area contributed by atoms with Gasteiger partial charge in [-0.2, -0.15) is 5.10 Å². The maximum absolute atomic E-state index is 12.9. The molecule has 0 aliphatic carbocycles. The number of halogens is 2. The highest BCUT2D eigenvalue weighted by atomic mass is 35.5. The second-order valence-electron chi connectivity index (χ2n) is 7.13. The Morgan fingerprint density at radius 2 is 1.87 bits per heavy atom. The van der Waals surface area contributed by atoms with Crippen LogP contribution in [0.2, 0.25) is 10.0 Å². The normalized spacial score (nSPS) is 17.7. The Morgan fingerprint density at radius 1 is 1.17 bits per heavy atom. The molecule has 4 rings (SSSR count). The Labute approximate surface area is 182 Å². The van der Waals surface area contributed by atoms with Crippen LogP contribution in [0.4, 0.5) is 11.4 Å². The van der Waals surface area contributed by atoms with E-state index in [0.29, 0.717) is 27.2 Å². The topological polar surface area (TPSA) is 85.2 Å². The number of fused-ring (bicyclic) bond motifs is 1. The van der Waals surface area contributed by atoms with Crippen molar-refractivity contribution in [3.8, 4) is 11.4 Å². The van der Waals surface area contributed by atoms with Gasteiger partial charge in [-0.15, -0.1) is 0 Å². The van der Waals surface area contributed by atoms with Gasteiger partial charge in [-0.1, -0.05) is 23.2 Å². The number of hydrogen-bond acceptors (Lipinski definition) is 4. The highest BCUT2D eigenvalue weighted by Gasteiger charge is 2.47. The molecule has 30 heavy (non-hydrogen) atoms. The first-order valence-electron chi connectivity index (χ1n) is 9.12. The van der Waals surface area contributed by atoms with E-state index in [1.165, 1.54) is 6.92 Å². The van der Waals surface area contributed by atoms with E-state index in [0.717, 1.165) is 17.1 Å². The van der Waals surface area contributed by atoms with Gasteiger partial charge in [-0.25, -0.2) is 4.68 Å². The van der Waals surface area contributed by atoms with Crippen LogP contribution in [0.1, 0.15) is 18.3 Å². The molecule has 9 heteroatoms. The number of nitrogens with one attached hydrogen (secondary N) is 2. The molecule has 2 heterocycles. The van der Waals surface area contributed by atoms with Crippen molar-refractivity contribution in [2.75, 3.05) is 10.6 Å². The highest BCUT2D eigenvalue weighted by Crippen LogP contribution is 2.36. The van der Waals surface area contributed by atoms with Gasteiger partial charge in [-0.05, 0) is 63.2 Å². The Bertz CT molecular complexity index is 1170. The van der Waals surface area contributed by atoms with E-state index < -0.39 is 17.4 Å². The number of aryl methyl sites for hydroxylation is 1. The molecule has 7 nitrogen and oxygen atoms in total. The lowest BCUT2D eigenvalue weighted by atomic mass is 10.0. The summed E-state index contributed by atoms with van der Waals surface area (Å²) in [6.07, 6.45) is 0. The van der Waals surface area contributed by atoms with Crippen LogP contribution in [0.3, 0.4) is 0 Å². The maximum atomic E-state index is 12.9. The molecular weight excluding hydrogens is 427 g/mol. The van der Waals surface area contributed by atoms with Crippen LogP contribution in [0.15, 0.2) is 42.5 Å². The zero-order valence-electron chi connectivity index (χ0n) is 16.4. The number of amides is 2. The summed E-state index contributed by atoms with van der Waals surface area (Å²) in [5.74, 6) is -0.806. The Balaban J connectivity index is 1.54. The summed E-state index contributed by atoms with van der Waals surface area (Å²) in [4.78, 5) is 25.4. The molecule has 2 amide bonds. The highest BCUT2D eigenvalue weighted by molar-refractivity contribution is 6.32. The zero-order valence-corrected chi connectivity index (χ0v) is 17.9. The van der Waals surface area contributed by atoms with Crippen LogP contribution in [0.25, 0.3) is 5.69 Å². The van der Waals surface area contributed by atoms with Crippen molar-refractivity contribution < 1.29 is 14.3 Å². The van der Waals surface area contributed by atoms with Gasteiger partial charge < -0.3 is 15.4 Å². The molecule has 2 N–H and O–H groups in total. The van der Waals surface area contributed by atoms with Gasteiger partial charge in [0.25, 0.3) is 17.4 Å². The maximum Gasteiger partial charge on any atom is 0.278 e. The van der Waals surface area contributed by atoms with E-state index in [1.54, 1.807) is 47.1 Å². The Kier molecular flexibility index (Phi) is 4.95. The van der Waals surface area contributed by atoms with Gasteiger partial charge in [-0.3, -0.25) is 9.59 Å². The lowest BCUT2D eigenvalue weighted by Gasteiger charge is -2.33. The van der Waals surface area contributed by atoms with Gasteiger partial charge in [0.2, 0.25) is 0 Å². The van der Waals surface area contributed by atoms with Crippen LogP contribution in [-0.2, 0) is 9.59 Å². The molecule has 1 aromatic heterocycles. The Hall–Kier alpha value is -3.03. The lowest BCUT2D eigenvalue weighted by molar-refractivity contribution is -0.143. The molecule has 0 saturated carbocycles. The first-order valence-corrected chi connectivity index (χ1v) is 9.88. The van der Waals surface area contributed by atoms with Crippen LogP contribution < -0.4 is 15.4 Å². The number of aromatic nitrogens is 2. The quantitative estimate of drug-likeness (QED) is 0.581. The SMILES string of the molecule is Cc1nn(-c2ccc(NC(=O)C3(C)Oc4ccc(Cl)cc4NC3=O)cc2)c(C)c1Cl. The third-order valence-corrected chi connectivity index (χ3v) is 5.73. The van der Waals surface area contributed by atoms with E-state index in [9.17, 15) is 9.59 Å². The van der Waals surface area contributed by atoms with Gasteiger partial charge in [0, 0.05) is 10.7 Å². The summed E-state index contributed by atoms with van der Waals surface area (Å²) in [6.45, 7) is 5.13. The summed E-state index contributed by atoms with van der Waals surface area (Å²) < 4.78 is 7.46. The average molecular weight is 445 g/mol. The molecular formula is C21H18Cl2N4O3. The first kappa shape index (κ1) is 20.3. The number of hydrogen-bond donors (Lipinski definition) is 2. The minimum atomic E-state index is -1.73. The fourth-order valence-electron chi connectivity index (χ4n) is 3.16. The number of anilines is 2. The molecule has 0 fully saturated rings. The molecule has 2 aromatic carbocycles. The van der Waals surface area contributed by atoms with Gasteiger partial charge in [0.1, 0.15) is 5.75 Å². The summed E-state index contributed by atoms with van der Waals surface area (Å²) in [5, 5.41) is 10.9. The van der Waals surface area contributed by atoms with E-state index in [4.69, 9.17) is 27.9 Å². The molecule has 0 radical (unpaired) electrons. The van der Waals surface area contributed by atoms with Crippen LogP contribution in [-0.4, -0.2) is 27.2 Å². The molecule has 1 aliphatic heterocycles. The van der Waals surface area contributed by atoms with E-state index in [1.807, 2.05) is 13.8 Å². The number of carbonyl (C=O) groups excluding carboxylic acids is 2. The van der Waals surface area contributed by atoms with Crippen molar-refractivity contribution in [1.29, 1.82) is 0 Å². The van der Waals surface area contributed by atoms with E-state index in [-0.39, 0.29) is 0 Å². The number of nitrogens with zero attached hydrogens (tertiary/aromatic N) is 2. The minimum Gasteiger partial charge on any atom is -0.466 e. The van der Waals surface area contributed by atoms with Gasteiger partial charge >= 0.3 is 0 Å². The predicted molar refractivity (Wildman–Crippen MR) is 116 cm³/mol. The van der Waals surface area contributed by atoms with Crippen LogP contribution in [0.5, 0.6) is 5.75 Å². The van der Waals surface area contributed by atoms with Crippen LogP contribution >= 0.6 is 23.2 Å². The summed E-state index contributed by atoms with van der Waals surface area (Å²) in [5.41, 5.74) is 1.56. The smallest absolute Gasteiger partial charge is 0.278 e. The number of rotatable bonds is 3. The summed E-state index contributed by atoms with van der Waals surface area (Å²) >= 11 is 12.2. The molecule has 1 unspecified atom stereocenters. The van der Waals surface area contributed by atoms with Crippen molar-refractivity contribution in [1.82, 2.24) is 9.78 Å². The van der Waals surface area contributed by atoms with E-state index >= 15 is 0 Å². The monoisotopic (exact) mass is 444 g/mol. The number of carbonyl (C=O) groups is 2. The first-order chi connectivity index (χ1) is 14.2. The zero-order chi connectivity index (χ0) is 21.6. The predicted octanol–water partition coefficient (Wildman–Crippen LogP) is 4.52. The molecule has 0 bridgehead atoms. The van der Waals surface area contributed by atoms with Crippen molar-refractivity contribution in [3.05, 3.63) is 63.9 Å². The third-order valence-electron chi connectivity index (χ3n) is 4.94. The fraction of sp³-hybridized carbons (Fsp3) is 0.190. The lowest BCUT2D eigenvalue weighted by Crippen LogP contribution is -2.56. The minimum absolute atomic E-state index is 0.369. The third kappa shape index (κ3) is 3.40. The van der Waals surface area contributed by atoms with Gasteiger partial charge in [0.05, 0.1) is 27.8 Å². The van der Waals surface area contributed by atoms with Crippen molar-refractivity contribution in [2.45, 2.75) is 26.4 Å². The largest absolute Gasteiger partial charge is 0.466 e. The fourth-order valence-corrected chi connectivity index (χ4v) is 3.45. The standard InChI is InChI=1S/C21H18Cl2N4O3/c1-11-18(23)12(2)27(26-11)15-7-5-14(6-8-15)24-19(28)21(3)20(29)25-16-10-13(22)4-9-17(16)30-21/h4-10H,1-3H3,(H,24,28)(H,25,29). The molecule has 1 aliphatic rings. The molecule has 0 spiro atoms.